The van der Waals surface area contributed by atoms with Gasteiger partial charge < -0.3 is 0 Å². The highest BCUT2D eigenvalue weighted by molar-refractivity contribution is 6.31. The number of halogens is 2. The van der Waals surface area contributed by atoms with E-state index in [0.717, 1.165) is 5.39 Å². The van der Waals surface area contributed by atoms with Crippen LogP contribution >= 0.6 is 11.6 Å². The molecular weight excluding hydrogens is 175 g/mol. The lowest BCUT2D eigenvalue weighted by molar-refractivity contribution is 0.640. The van der Waals surface area contributed by atoms with Crippen LogP contribution in [0.3, 0.4) is 0 Å². The van der Waals surface area contributed by atoms with Gasteiger partial charge in [0.25, 0.3) is 0 Å². The molecule has 0 unspecified atom stereocenters. The first-order valence-corrected chi connectivity index (χ1v) is 3.91. The Hall–Kier alpha value is -1.08. The van der Waals surface area contributed by atoms with Crippen molar-refractivity contribution in [2.45, 2.75) is 0 Å². The quantitative estimate of drug-likeness (QED) is 0.581. The summed E-state index contributed by atoms with van der Waals surface area (Å²) in [6.45, 7) is 0. The summed E-state index contributed by atoms with van der Waals surface area (Å²) < 4.78 is 13.2. The highest BCUT2D eigenvalue weighted by Gasteiger charge is 2.03. The van der Waals surface area contributed by atoms with E-state index in [9.17, 15) is 4.39 Å². The maximum absolute atomic E-state index is 13.2. The predicted molar refractivity (Wildman–Crippen MR) is 47.8 cm³/mol. The lowest BCUT2D eigenvalue weighted by Gasteiger charge is -1.98. The SMILES string of the molecule is Fc1c(Cl)c[c]c2ccccc12. The van der Waals surface area contributed by atoms with Crippen molar-refractivity contribution >= 4 is 22.4 Å². The number of benzene rings is 2. The molecule has 0 spiro atoms. The molecule has 0 aliphatic carbocycles. The molecule has 0 aromatic heterocycles. The lowest BCUT2D eigenvalue weighted by atomic mass is 10.1. The summed E-state index contributed by atoms with van der Waals surface area (Å²) in [5.74, 6) is -0.369. The number of hydrogen-bond acceptors (Lipinski definition) is 0. The molecule has 2 aromatic carbocycles. The Balaban J connectivity index is 2.91. The zero-order chi connectivity index (χ0) is 8.55. The van der Waals surface area contributed by atoms with E-state index in [1.165, 1.54) is 6.07 Å². The first-order valence-electron chi connectivity index (χ1n) is 3.53. The lowest BCUT2D eigenvalue weighted by Crippen LogP contribution is -1.80. The van der Waals surface area contributed by atoms with Crippen LogP contribution in [0.4, 0.5) is 4.39 Å². The van der Waals surface area contributed by atoms with E-state index in [2.05, 4.69) is 6.07 Å². The van der Waals surface area contributed by atoms with Crippen LogP contribution in [0.5, 0.6) is 0 Å². The fourth-order valence-corrected chi connectivity index (χ4v) is 1.29. The van der Waals surface area contributed by atoms with Crippen LogP contribution in [-0.2, 0) is 0 Å². The van der Waals surface area contributed by atoms with Crippen LogP contribution in [0.1, 0.15) is 0 Å². The average molecular weight is 180 g/mol. The van der Waals surface area contributed by atoms with E-state index in [4.69, 9.17) is 11.6 Å². The Morgan fingerprint density at radius 1 is 1.25 bits per heavy atom. The van der Waals surface area contributed by atoms with Crippen molar-refractivity contribution < 1.29 is 4.39 Å². The Morgan fingerprint density at radius 3 is 2.83 bits per heavy atom. The fourth-order valence-electron chi connectivity index (χ4n) is 1.13. The maximum Gasteiger partial charge on any atom is 0.149 e. The van der Waals surface area contributed by atoms with Gasteiger partial charge in [-0.1, -0.05) is 35.9 Å². The second-order valence-electron chi connectivity index (χ2n) is 2.50. The van der Waals surface area contributed by atoms with E-state index in [1.54, 1.807) is 18.2 Å². The van der Waals surface area contributed by atoms with Crippen molar-refractivity contribution in [3.05, 3.63) is 47.2 Å². The second-order valence-corrected chi connectivity index (χ2v) is 2.90. The van der Waals surface area contributed by atoms with E-state index in [-0.39, 0.29) is 10.8 Å². The van der Waals surface area contributed by atoms with Crippen LogP contribution in [-0.4, -0.2) is 0 Å². The molecule has 0 amide bonds. The summed E-state index contributed by atoms with van der Waals surface area (Å²) in [6.07, 6.45) is 0. The molecule has 2 heteroatoms. The van der Waals surface area contributed by atoms with Crippen LogP contribution < -0.4 is 0 Å². The molecule has 0 N–H and O–H groups in total. The molecule has 0 atom stereocenters. The van der Waals surface area contributed by atoms with E-state index in [1.807, 2.05) is 6.07 Å². The molecule has 0 fully saturated rings. The van der Waals surface area contributed by atoms with Gasteiger partial charge in [0.05, 0.1) is 5.02 Å². The van der Waals surface area contributed by atoms with Gasteiger partial charge in [0, 0.05) is 5.39 Å². The summed E-state index contributed by atoms with van der Waals surface area (Å²) >= 11 is 5.58. The van der Waals surface area contributed by atoms with Crippen molar-refractivity contribution in [2.24, 2.45) is 0 Å². The smallest absolute Gasteiger partial charge is 0.149 e. The van der Waals surface area contributed by atoms with Crippen molar-refractivity contribution in [3.8, 4) is 0 Å². The molecule has 12 heavy (non-hydrogen) atoms. The number of hydrogen-bond donors (Lipinski definition) is 0. The first-order chi connectivity index (χ1) is 5.79. The Bertz CT molecular complexity index is 423. The minimum absolute atomic E-state index is 0.119. The maximum atomic E-state index is 13.2. The second kappa shape index (κ2) is 2.76. The molecule has 0 aliphatic heterocycles. The van der Waals surface area contributed by atoms with Crippen LogP contribution in [0.2, 0.25) is 5.02 Å². The minimum Gasteiger partial charge on any atom is -0.205 e. The monoisotopic (exact) mass is 179 g/mol. The molecule has 0 bridgehead atoms. The predicted octanol–water partition coefficient (Wildman–Crippen LogP) is 3.43. The molecule has 0 aliphatic rings. The van der Waals surface area contributed by atoms with Gasteiger partial charge in [-0.05, 0) is 17.5 Å². The Labute approximate surface area is 74.6 Å². The summed E-state index contributed by atoms with van der Waals surface area (Å²) in [5, 5.41) is 1.39. The molecule has 0 saturated carbocycles. The summed E-state index contributed by atoms with van der Waals surface area (Å²) in [7, 11) is 0. The number of fused-ring (bicyclic) bond motifs is 1. The van der Waals surface area contributed by atoms with Crippen LogP contribution in [0.25, 0.3) is 10.8 Å². The zero-order valence-electron chi connectivity index (χ0n) is 6.14. The molecule has 0 saturated heterocycles. The van der Waals surface area contributed by atoms with Crippen molar-refractivity contribution in [3.63, 3.8) is 0 Å². The van der Waals surface area contributed by atoms with E-state index in [0.29, 0.717) is 5.39 Å². The summed E-state index contributed by atoms with van der Waals surface area (Å²) in [5.41, 5.74) is 0. The highest BCUT2D eigenvalue weighted by atomic mass is 35.5. The third-order valence-electron chi connectivity index (χ3n) is 1.73. The first kappa shape index (κ1) is 7.56. The Morgan fingerprint density at radius 2 is 2.00 bits per heavy atom. The fraction of sp³-hybridized carbons (Fsp3) is 0. The van der Waals surface area contributed by atoms with Crippen molar-refractivity contribution in [1.82, 2.24) is 0 Å². The van der Waals surface area contributed by atoms with Gasteiger partial charge in [0.2, 0.25) is 0 Å². The van der Waals surface area contributed by atoms with Crippen LogP contribution in [0, 0.1) is 11.9 Å². The van der Waals surface area contributed by atoms with E-state index >= 15 is 0 Å². The van der Waals surface area contributed by atoms with Gasteiger partial charge in [-0.2, -0.15) is 0 Å². The van der Waals surface area contributed by atoms with Gasteiger partial charge in [-0.15, -0.1) is 0 Å². The molecule has 2 aromatic rings. The molecule has 2 rings (SSSR count). The normalized spacial score (nSPS) is 10.5. The third-order valence-corrected chi connectivity index (χ3v) is 2.00. The highest BCUT2D eigenvalue weighted by Crippen LogP contribution is 2.23. The van der Waals surface area contributed by atoms with Gasteiger partial charge in [-0.3, -0.25) is 0 Å². The average Bonchev–Trinajstić information content (AvgIpc) is 2.12. The van der Waals surface area contributed by atoms with Gasteiger partial charge in [-0.25, -0.2) is 4.39 Å². The van der Waals surface area contributed by atoms with Gasteiger partial charge >= 0.3 is 0 Å². The molecule has 0 nitrogen and oxygen atoms in total. The topological polar surface area (TPSA) is 0 Å². The minimum atomic E-state index is -0.369. The number of rotatable bonds is 0. The third kappa shape index (κ3) is 1.07. The molecule has 59 valence electrons. The standard InChI is InChI=1S/C10H5ClF/c11-9-6-5-7-3-1-2-4-8(7)10(9)12/h1-4,6H. The molecular formula is C10H5ClF. The van der Waals surface area contributed by atoms with Gasteiger partial charge in [0.15, 0.2) is 0 Å². The molecule has 0 heterocycles. The van der Waals surface area contributed by atoms with Crippen molar-refractivity contribution in [2.75, 3.05) is 0 Å². The summed E-state index contributed by atoms with van der Waals surface area (Å²) in [6, 6.07) is 11.4. The Kier molecular flexibility index (Phi) is 1.74. The molecule has 1 radical (unpaired) electrons. The zero-order valence-corrected chi connectivity index (χ0v) is 6.90. The van der Waals surface area contributed by atoms with E-state index < -0.39 is 0 Å². The summed E-state index contributed by atoms with van der Waals surface area (Å²) in [4.78, 5) is 0. The van der Waals surface area contributed by atoms with Crippen LogP contribution in [0.15, 0.2) is 30.3 Å². The van der Waals surface area contributed by atoms with Crippen molar-refractivity contribution in [1.29, 1.82) is 0 Å². The van der Waals surface area contributed by atoms with Gasteiger partial charge in [0.1, 0.15) is 5.82 Å². The largest absolute Gasteiger partial charge is 0.205 e.